The molecule has 0 radical (unpaired) electrons. The van der Waals surface area contributed by atoms with Gasteiger partial charge in [-0.3, -0.25) is 4.79 Å². The molecule has 0 aliphatic carbocycles. The molecule has 29 heavy (non-hydrogen) atoms. The topological polar surface area (TPSA) is 49.6 Å². The lowest BCUT2D eigenvalue weighted by molar-refractivity contribution is 0.0781. The number of piperidine rings is 1. The zero-order valence-corrected chi connectivity index (χ0v) is 18.4. The van der Waals surface area contributed by atoms with Crippen molar-refractivity contribution in [3.05, 3.63) is 69.7 Å². The Balaban J connectivity index is 1.71. The lowest BCUT2D eigenvalue weighted by Crippen LogP contribution is -2.40. The Morgan fingerprint density at radius 1 is 1.14 bits per heavy atom. The maximum absolute atomic E-state index is 12.8. The van der Waals surface area contributed by atoms with E-state index in [-0.39, 0.29) is 11.8 Å². The second-order valence-electron chi connectivity index (χ2n) is 7.89. The van der Waals surface area contributed by atoms with Gasteiger partial charge in [0.2, 0.25) is 0 Å². The van der Waals surface area contributed by atoms with Gasteiger partial charge in [0, 0.05) is 31.1 Å². The molecule has 2 aromatic rings. The van der Waals surface area contributed by atoms with Gasteiger partial charge in [0.05, 0.1) is 10.0 Å². The van der Waals surface area contributed by atoms with Crippen molar-refractivity contribution in [1.82, 2.24) is 9.80 Å². The Morgan fingerprint density at radius 2 is 1.83 bits per heavy atom. The minimum Gasteiger partial charge on any atom is -0.341 e. The fourth-order valence-corrected chi connectivity index (χ4v) is 4.17. The highest BCUT2D eigenvalue weighted by atomic mass is 35.5. The van der Waals surface area contributed by atoms with E-state index in [9.17, 15) is 4.79 Å². The number of likely N-dealkylation sites (tertiary alicyclic amines) is 1. The fourth-order valence-electron chi connectivity index (χ4n) is 3.86. The SMILES string of the molecule is CN(CC(CCN1CCC(N)CC1)c1ccc(Cl)c(Cl)c1)C(=O)c1ccccc1. The van der Waals surface area contributed by atoms with Crippen LogP contribution in [-0.2, 0) is 0 Å². The first-order valence-corrected chi connectivity index (χ1v) is 10.9. The zero-order chi connectivity index (χ0) is 20.8. The number of halogens is 2. The molecule has 1 fully saturated rings. The molecule has 6 heteroatoms. The molecule has 3 rings (SSSR count). The standard InChI is InChI=1S/C23H29Cl2N3O/c1-27(23(29)17-5-3-2-4-6-17)16-19(18-7-8-21(24)22(25)15-18)9-12-28-13-10-20(26)11-14-28/h2-8,15,19-20H,9-14,16,26H2,1H3. The predicted molar refractivity (Wildman–Crippen MR) is 121 cm³/mol. The van der Waals surface area contributed by atoms with E-state index < -0.39 is 0 Å². The Labute approximate surface area is 183 Å². The van der Waals surface area contributed by atoms with Gasteiger partial charge in [-0.05, 0) is 68.7 Å². The van der Waals surface area contributed by atoms with E-state index in [1.165, 1.54) is 0 Å². The number of amides is 1. The first kappa shape index (κ1) is 22.1. The molecule has 0 spiro atoms. The van der Waals surface area contributed by atoms with E-state index in [1.54, 1.807) is 4.90 Å². The fraction of sp³-hybridized carbons (Fsp3) is 0.435. The molecule has 1 aliphatic rings. The molecule has 2 aromatic carbocycles. The Bertz CT molecular complexity index is 807. The molecule has 1 aliphatic heterocycles. The second kappa shape index (κ2) is 10.4. The summed E-state index contributed by atoms with van der Waals surface area (Å²) < 4.78 is 0. The highest BCUT2D eigenvalue weighted by Gasteiger charge is 2.22. The van der Waals surface area contributed by atoms with Gasteiger partial charge in [-0.25, -0.2) is 0 Å². The highest BCUT2D eigenvalue weighted by molar-refractivity contribution is 6.42. The van der Waals surface area contributed by atoms with Gasteiger partial charge in [0.15, 0.2) is 0 Å². The summed E-state index contributed by atoms with van der Waals surface area (Å²) in [5, 5.41) is 1.10. The molecule has 0 aromatic heterocycles. The molecule has 1 atom stereocenters. The molecule has 1 heterocycles. The van der Waals surface area contributed by atoms with Crippen LogP contribution in [0.4, 0.5) is 0 Å². The van der Waals surface area contributed by atoms with Crippen LogP contribution < -0.4 is 5.73 Å². The lowest BCUT2D eigenvalue weighted by atomic mass is 9.94. The van der Waals surface area contributed by atoms with Crippen molar-refractivity contribution in [2.75, 3.05) is 33.2 Å². The minimum absolute atomic E-state index is 0.0274. The first-order valence-electron chi connectivity index (χ1n) is 10.2. The van der Waals surface area contributed by atoms with Crippen molar-refractivity contribution < 1.29 is 4.79 Å². The van der Waals surface area contributed by atoms with Crippen LogP contribution in [0.2, 0.25) is 10.0 Å². The van der Waals surface area contributed by atoms with Crippen LogP contribution in [0.25, 0.3) is 0 Å². The normalized spacial score (nSPS) is 16.6. The van der Waals surface area contributed by atoms with E-state index in [0.29, 0.717) is 28.2 Å². The van der Waals surface area contributed by atoms with Crippen molar-refractivity contribution in [3.63, 3.8) is 0 Å². The molecular formula is C23H29Cl2N3O. The smallest absolute Gasteiger partial charge is 0.253 e. The van der Waals surface area contributed by atoms with Gasteiger partial charge in [-0.2, -0.15) is 0 Å². The van der Waals surface area contributed by atoms with Crippen molar-refractivity contribution in [2.45, 2.75) is 31.2 Å². The summed E-state index contributed by atoms with van der Waals surface area (Å²) in [6.45, 7) is 3.67. The van der Waals surface area contributed by atoms with Crippen LogP contribution in [0.15, 0.2) is 48.5 Å². The first-order chi connectivity index (χ1) is 13.9. The lowest BCUT2D eigenvalue weighted by Gasteiger charge is -2.32. The molecule has 1 saturated heterocycles. The van der Waals surface area contributed by atoms with E-state index in [4.69, 9.17) is 28.9 Å². The largest absolute Gasteiger partial charge is 0.341 e. The molecule has 2 N–H and O–H groups in total. The molecule has 156 valence electrons. The summed E-state index contributed by atoms with van der Waals surface area (Å²) in [5.41, 5.74) is 7.84. The number of rotatable bonds is 7. The third-order valence-corrected chi connectivity index (χ3v) is 6.44. The van der Waals surface area contributed by atoms with Crippen LogP contribution in [0.3, 0.4) is 0 Å². The van der Waals surface area contributed by atoms with Gasteiger partial charge < -0.3 is 15.5 Å². The predicted octanol–water partition coefficient (Wildman–Crippen LogP) is 4.66. The van der Waals surface area contributed by atoms with Crippen LogP contribution in [0, 0.1) is 0 Å². The molecule has 1 unspecified atom stereocenters. The number of carbonyl (C=O) groups excluding carboxylic acids is 1. The Kier molecular flexibility index (Phi) is 7.96. The highest BCUT2D eigenvalue weighted by Crippen LogP contribution is 2.29. The van der Waals surface area contributed by atoms with Crippen LogP contribution >= 0.6 is 23.2 Å². The number of nitrogens with two attached hydrogens (primary N) is 1. The van der Waals surface area contributed by atoms with Gasteiger partial charge in [-0.1, -0.05) is 47.5 Å². The zero-order valence-electron chi connectivity index (χ0n) is 16.9. The number of benzene rings is 2. The number of hydrogen-bond acceptors (Lipinski definition) is 3. The minimum atomic E-state index is 0.0274. The third-order valence-electron chi connectivity index (χ3n) is 5.70. The quantitative estimate of drug-likeness (QED) is 0.690. The van der Waals surface area contributed by atoms with E-state index in [2.05, 4.69) is 4.90 Å². The molecular weight excluding hydrogens is 405 g/mol. The molecule has 1 amide bonds. The van der Waals surface area contributed by atoms with Gasteiger partial charge in [0.25, 0.3) is 5.91 Å². The summed E-state index contributed by atoms with van der Waals surface area (Å²) >= 11 is 12.4. The molecule has 0 saturated carbocycles. The van der Waals surface area contributed by atoms with Crippen molar-refractivity contribution in [1.29, 1.82) is 0 Å². The third kappa shape index (κ3) is 6.19. The monoisotopic (exact) mass is 433 g/mol. The van der Waals surface area contributed by atoms with Crippen LogP contribution in [0.5, 0.6) is 0 Å². The maximum Gasteiger partial charge on any atom is 0.253 e. The van der Waals surface area contributed by atoms with Crippen molar-refractivity contribution in [3.8, 4) is 0 Å². The van der Waals surface area contributed by atoms with Gasteiger partial charge in [0.1, 0.15) is 0 Å². The van der Waals surface area contributed by atoms with Crippen LogP contribution in [-0.4, -0.2) is 55.0 Å². The Hall–Kier alpha value is -1.59. The van der Waals surface area contributed by atoms with Crippen LogP contribution in [0.1, 0.15) is 41.1 Å². The number of likely N-dealkylation sites (N-methyl/N-ethyl adjacent to an activating group) is 1. The molecule has 0 bridgehead atoms. The van der Waals surface area contributed by atoms with E-state index >= 15 is 0 Å². The average Bonchev–Trinajstić information content (AvgIpc) is 2.74. The number of carbonyl (C=O) groups is 1. The second-order valence-corrected chi connectivity index (χ2v) is 8.70. The number of nitrogens with zero attached hydrogens (tertiary/aromatic N) is 2. The van der Waals surface area contributed by atoms with Crippen molar-refractivity contribution >= 4 is 29.1 Å². The summed E-state index contributed by atoms with van der Waals surface area (Å²) in [6.07, 6.45) is 3.04. The van der Waals surface area contributed by atoms with E-state index in [1.807, 2.05) is 55.6 Å². The van der Waals surface area contributed by atoms with Crippen molar-refractivity contribution in [2.24, 2.45) is 5.73 Å². The number of hydrogen-bond donors (Lipinski definition) is 1. The summed E-state index contributed by atoms with van der Waals surface area (Å²) in [5.74, 6) is 0.206. The summed E-state index contributed by atoms with van der Waals surface area (Å²) in [6, 6.07) is 15.5. The average molecular weight is 434 g/mol. The molecule has 4 nitrogen and oxygen atoms in total. The maximum atomic E-state index is 12.8. The van der Waals surface area contributed by atoms with E-state index in [0.717, 1.165) is 44.5 Å². The van der Waals surface area contributed by atoms with Gasteiger partial charge in [-0.15, -0.1) is 0 Å². The Morgan fingerprint density at radius 3 is 2.48 bits per heavy atom. The summed E-state index contributed by atoms with van der Waals surface area (Å²) in [7, 11) is 1.86. The van der Waals surface area contributed by atoms with Gasteiger partial charge >= 0.3 is 0 Å². The summed E-state index contributed by atoms with van der Waals surface area (Å²) in [4.78, 5) is 17.1.